The summed E-state index contributed by atoms with van der Waals surface area (Å²) < 4.78 is 48.8. The Morgan fingerprint density at radius 1 is 1.31 bits per heavy atom. The lowest BCUT2D eigenvalue weighted by Crippen LogP contribution is -2.09. The fraction of sp³-hybridized carbons (Fsp3) is 0.286. The zero-order valence-electron chi connectivity index (χ0n) is 6.20. The number of alkyl halides is 4. The highest BCUT2D eigenvalue weighted by atomic mass is 79.9. The summed E-state index contributed by atoms with van der Waals surface area (Å²) in [5, 5.41) is -0.0389. The molecule has 0 amide bonds. The Hall–Kier alpha value is -0.650. The minimum atomic E-state index is -4.52. The van der Waals surface area contributed by atoms with Gasteiger partial charge in [0.15, 0.2) is 0 Å². The van der Waals surface area contributed by atoms with Crippen LogP contribution in [0.1, 0.15) is 11.4 Å². The van der Waals surface area contributed by atoms with Crippen LogP contribution >= 0.6 is 15.9 Å². The largest absolute Gasteiger partial charge is 0.433 e. The van der Waals surface area contributed by atoms with Gasteiger partial charge in [-0.05, 0) is 12.1 Å². The highest BCUT2D eigenvalue weighted by Crippen LogP contribution is 2.28. The van der Waals surface area contributed by atoms with E-state index in [0.717, 1.165) is 6.07 Å². The minimum absolute atomic E-state index is 0.0389. The van der Waals surface area contributed by atoms with E-state index in [9.17, 15) is 17.6 Å². The monoisotopic (exact) mass is 257 g/mol. The van der Waals surface area contributed by atoms with Crippen molar-refractivity contribution in [1.29, 1.82) is 0 Å². The van der Waals surface area contributed by atoms with E-state index >= 15 is 0 Å². The van der Waals surface area contributed by atoms with Crippen LogP contribution in [0.25, 0.3) is 0 Å². The third-order valence-electron chi connectivity index (χ3n) is 1.34. The molecule has 1 aromatic heterocycles. The molecule has 0 saturated carbocycles. The van der Waals surface area contributed by atoms with Gasteiger partial charge in [-0.1, -0.05) is 15.9 Å². The highest BCUT2D eigenvalue weighted by Gasteiger charge is 2.32. The fourth-order valence-electron chi connectivity index (χ4n) is 0.736. The maximum absolute atomic E-state index is 12.7. The molecule has 13 heavy (non-hydrogen) atoms. The molecule has 0 saturated heterocycles. The van der Waals surface area contributed by atoms with Gasteiger partial charge in [0.25, 0.3) is 0 Å². The molecule has 0 unspecified atom stereocenters. The number of rotatable bonds is 1. The number of hydrogen-bond donors (Lipinski definition) is 0. The number of halogens is 5. The Balaban J connectivity index is 3.14. The molecule has 0 fully saturated rings. The summed E-state index contributed by atoms with van der Waals surface area (Å²) in [6, 6.07) is 1.37. The molecule has 6 heteroatoms. The molecule has 0 aliphatic rings. The van der Waals surface area contributed by atoms with Crippen molar-refractivity contribution in [3.8, 4) is 0 Å². The molecular formula is C7H4BrF4N. The molecule has 0 N–H and O–H groups in total. The molecule has 1 aromatic rings. The highest BCUT2D eigenvalue weighted by molar-refractivity contribution is 9.08. The Bertz CT molecular complexity index is 310. The van der Waals surface area contributed by atoms with E-state index in [-0.39, 0.29) is 11.0 Å². The van der Waals surface area contributed by atoms with Crippen LogP contribution in [0.2, 0.25) is 0 Å². The van der Waals surface area contributed by atoms with E-state index < -0.39 is 17.7 Å². The average molecular weight is 258 g/mol. The summed E-state index contributed by atoms with van der Waals surface area (Å²) in [6.07, 6.45) is -4.52. The van der Waals surface area contributed by atoms with Gasteiger partial charge in [0.05, 0.1) is 5.69 Å². The molecule has 0 aliphatic carbocycles. The minimum Gasteiger partial charge on any atom is -0.244 e. The van der Waals surface area contributed by atoms with E-state index in [0.29, 0.717) is 6.07 Å². The first-order chi connectivity index (χ1) is 5.95. The maximum Gasteiger partial charge on any atom is 0.433 e. The van der Waals surface area contributed by atoms with Crippen LogP contribution in [-0.2, 0) is 11.5 Å². The molecule has 0 spiro atoms. The third kappa shape index (κ3) is 2.40. The Morgan fingerprint density at radius 2 is 1.92 bits per heavy atom. The quantitative estimate of drug-likeness (QED) is 0.557. The molecule has 1 rings (SSSR count). The van der Waals surface area contributed by atoms with Crippen molar-refractivity contribution in [2.45, 2.75) is 11.5 Å². The second kappa shape index (κ2) is 3.61. The lowest BCUT2D eigenvalue weighted by Gasteiger charge is -2.06. The first-order valence-electron chi connectivity index (χ1n) is 3.23. The van der Waals surface area contributed by atoms with Crippen molar-refractivity contribution in [2.75, 3.05) is 0 Å². The number of hydrogen-bond acceptors (Lipinski definition) is 1. The van der Waals surface area contributed by atoms with E-state index in [1.54, 1.807) is 0 Å². The van der Waals surface area contributed by atoms with Crippen molar-refractivity contribution in [3.05, 3.63) is 29.3 Å². The molecule has 0 radical (unpaired) electrons. The lowest BCUT2D eigenvalue weighted by molar-refractivity contribution is -0.141. The van der Waals surface area contributed by atoms with Crippen LogP contribution in [0.3, 0.4) is 0 Å². The summed E-state index contributed by atoms with van der Waals surface area (Å²) in [5.74, 6) is -0.745. The summed E-state index contributed by atoms with van der Waals surface area (Å²) in [7, 11) is 0. The predicted molar refractivity (Wildman–Crippen MR) is 41.8 cm³/mol. The van der Waals surface area contributed by atoms with Crippen molar-refractivity contribution >= 4 is 15.9 Å². The summed E-state index contributed by atoms with van der Waals surface area (Å²) in [6.45, 7) is 0. The second-order valence-corrected chi connectivity index (χ2v) is 2.82. The molecule has 72 valence electrons. The standard InChI is InChI=1S/C7H4BrF4N/c8-3-5-4(9)1-2-6(13-5)7(10,11)12/h1-2H,3H2. The lowest BCUT2D eigenvalue weighted by atomic mass is 10.3. The first kappa shape index (κ1) is 10.4. The van der Waals surface area contributed by atoms with Crippen LogP contribution < -0.4 is 0 Å². The third-order valence-corrected chi connectivity index (χ3v) is 1.87. The molecule has 0 aromatic carbocycles. The number of pyridine rings is 1. The van der Waals surface area contributed by atoms with Gasteiger partial charge in [0, 0.05) is 5.33 Å². The van der Waals surface area contributed by atoms with Crippen LogP contribution in [0.4, 0.5) is 17.6 Å². The predicted octanol–water partition coefficient (Wildman–Crippen LogP) is 3.13. The van der Waals surface area contributed by atoms with Crippen molar-refractivity contribution < 1.29 is 17.6 Å². The Morgan fingerprint density at radius 3 is 2.38 bits per heavy atom. The van der Waals surface area contributed by atoms with Crippen molar-refractivity contribution in [2.24, 2.45) is 0 Å². The van der Waals surface area contributed by atoms with Crippen LogP contribution in [-0.4, -0.2) is 4.98 Å². The maximum atomic E-state index is 12.7. The number of aromatic nitrogens is 1. The van der Waals surface area contributed by atoms with Crippen LogP contribution in [0.5, 0.6) is 0 Å². The topological polar surface area (TPSA) is 12.9 Å². The Labute approximate surface area is 79.9 Å². The van der Waals surface area contributed by atoms with Gasteiger partial charge in [-0.2, -0.15) is 13.2 Å². The first-order valence-corrected chi connectivity index (χ1v) is 4.36. The SMILES string of the molecule is Fc1ccc(C(F)(F)F)nc1CBr. The number of nitrogens with zero attached hydrogens (tertiary/aromatic N) is 1. The van der Waals surface area contributed by atoms with Gasteiger partial charge in [-0.25, -0.2) is 9.37 Å². The molecule has 1 heterocycles. The Kier molecular flexibility index (Phi) is 2.90. The average Bonchev–Trinajstić information content (AvgIpc) is 2.03. The van der Waals surface area contributed by atoms with Crippen LogP contribution in [0, 0.1) is 5.82 Å². The van der Waals surface area contributed by atoms with Gasteiger partial charge >= 0.3 is 6.18 Å². The normalized spacial score (nSPS) is 11.8. The zero-order valence-corrected chi connectivity index (χ0v) is 7.78. The van der Waals surface area contributed by atoms with Gasteiger partial charge in [0.1, 0.15) is 11.5 Å². The zero-order chi connectivity index (χ0) is 10.1. The van der Waals surface area contributed by atoms with Gasteiger partial charge in [-0.15, -0.1) is 0 Å². The summed E-state index contributed by atoms with van der Waals surface area (Å²) in [4.78, 5) is 3.12. The van der Waals surface area contributed by atoms with E-state index in [1.807, 2.05) is 0 Å². The van der Waals surface area contributed by atoms with Crippen molar-refractivity contribution in [3.63, 3.8) is 0 Å². The molecule has 0 aliphatic heterocycles. The summed E-state index contributed by atoms with van der Waals surface area (Å²) in [5.41, 5.74) is -1.32. The summed E-state index contributed by atoms with van der Waals surface area (Å²) >= 11 is 2.84. The van der Waals surface area contributed by atoms with E-state index in [4.69, 9.17) is 0 Å². The van der Waals surface area contributed by atoms with E-state index in [1.165, 1.54) is 0 Å². The molecular weight excluding hydrogens is 254 g/mol. The van der Waals surface area contributed by atoms with Gasteiger partial charge < -0.3 is 0 Å². The molecule has 1 nitrogen and oxygen atoms in total. The van der Waals surface area contributed by atoms with Gasteiger partial charge in [0.2, 0.25) is 0 Å². The molecule has 0 atom stereocenters. The second-order valence-electron chi connectivity index (χ2n) is 2.26. The smallest absolute Gasteiger partial charge is 0.244 e. The van der Waals surface area contributed by atoms with Gasteiger partial charge in [-0.3, -0.25) is 0 Å². The fourth-order valence-corrected chi connectivity index (χ4v) is 1.13. The molecule has 0 bridgehead atoms. The van der Waals surface area contributed by atoms with Crippen molar-refractivity contribution in [1.82, 2.24) is 4.98 Å². The van der Waals surface area contributed by atoms with Crippen LogP contribution in [0.15, 0.2) is 12.1 Å². The van der Waals surface area contributed by atoms with E-state index in [2.05, 4.69) is 20.9 Å².